The molecule has 8 aromatic carbocycles. The second kappa shape index (κ2) is 14.6. The van der Waals surface area contributed by atoms with E-state index in [0.717, 1.165) is 12.8 Å². The van der Waals surface area contributed by atoms with Crippen LogP contribution in [-0.2, 0) is 18.3 Å². The number of rotatable bonds is 10. The number of nitrogens with zero attached hydrogens (tertiary/aromatic N) is 3. The predicted molar refractivity (Wildman–Crippen MR) is 278 cm³/mol. The van der Waals surface area contributed by atoms with Crippen molar-refractivity contribution < 1.29 is 0 Å². The maximum Gasteiger partial charge on any atom is 0.333 e. The maximum atomic E-state index is 2.75. The SMILES string of the molecule is CCCCCc1ccc(N2B3c4cc(CCCCC)ccc4-n4c5ccccc5c5c(-n6c7ccccc7c7ccccc76)cc(c3c54)-c3cc4c(cc32)C(C)(C)c2ccccc2-4)cc1. The van der Waals surface area contributed by atoms with Gasteiger partial charge in [-0.1, -0.05) is 157 Å². The highest BCUT2D eigenvalue weighted by Gasteiger charge is 2.46. The molecular weight excluding hydrogens is 786 g/mol. The number of benzene rings is 8. The molecule has 10 aromatic rings. The number of hydrogen-bond acceptors (Lipinski definition) is 1. The zero-order valence-corrected chi connectivity index (χ0v) is 38.1. The van der Waals surface area contributed by atoms with E-state index in [1.807, 2.05) is 0 Å². The molecule has 1 aliphatic carbocycles. The molecule has 2 aromatic heterocycles. The molecule has 65 heavy (non-hydrogen) atoms. The topological polar surface area (TPSA) is 13.1 Å². The number of aryl methyl sites for hydroxylation is 2. The largest absolute Gasteiger partial charge is 0.376 e. The van der Waals surface area contributed by atoms with Crippen LogP contribution in [0.4, 0.5) is 11.4 Å². The molecule has 13 rings (SSSR count). The van der Waals surface area contributed by atoms with Crippen LogP contribution in [0.2, 0.25) is 0 Å². The number of hydrogen-bond donors (Lipinski definition) is 0. The van der Waals surface area contributed by atoms with Crippen molar-refractivity contribution in [2.75, 3.05) is 4.81 Å². The molecule has 4 heterocycles. The first-order chi connectivity index (χ1) is 32.0. The van der Waals surface area contributed by atoms with Crippen LogP contribution in [0, 0.1) is 0 Å². The van der Waals surface area contributed by atoms with Gasteiger partial charge in [-0.2, -0.15) is 0 Å². The van der Waals surface area contributed by atoms with Crippen LogP contribution in [0.25, 0.3) is 77.2 Å². The van der Waals surface area contributed by atoms with Crippen molar-refractivity contribution in [3.63, 3.8) is 0 Å². The fourth-order valence-electron chi connectivity index (χ4n) is 12.4. The van der Waals surface area contributed by atoms with Crippen LogP contribution in [0.1, 0.15) is 88.5 Å². The van der Waals surface area contributed by atoms with Crippen molar-refractivity contribution in [3.8, 4) is 33.6 Å². The van der Waals surface area contributed by atoms with E-state index in [1.165, 1.54) is 160 Å². The van der Waals surface area contributed by atoms with Crippen molar-refractivity contribution in [2.24, 2.45) is 0 Å². The molecule has 0 fully saturated rings. The zero-order valence-electron chi connectivity index (χ0n) is 38.1. The Labute approximate surface area is 383 Å². The molecule has 0 atom stereocenters. The monoisotopic (exact) mass is 839 g/mol. The van der Waals surface area contributed by atoms with Crippen molar-refractivity contribution >= 4 is 72.8 Å². The third kappa shape index (κ3) is 5.49. The van der Waals surface area contributed by atoms with Gasteiger partial charge in [0, 0.05) is 49.6 Å². The summed E-state index contributed by atoms with van der Waals surface area (Å²) >= 11 is 0. The van der Waals surface area contributed by atoms with Crippen molar-refractivity contribution in [1.82, 2.24) is 9.13 Å². The zero-order chi connectivity index (χ0) is 43.6. The molecule has 0 saturated heterocycles. The van der Waals surface area contributed by atoms with Crippen LogP contribution < -0.4 is 15.7 Å². The number of para-hydroxylation sites is 3. The fourth-order valence-corrected chi connectivity index (χ4v) is 12.4. The van der Waals surface area contributed by atoms with Gasteiger partial charge in [-0.05, 0) is 130 Å². The van der Waals surface area contributed by atoms with Crippen LogP contribution in [-0.4, -0.2) is 16.0 Å². The number of unbranched alkanes of at least 4 members (excludes halogenated alkanes) is 4. The number of aromatic nitrogens is 2. The Balaban J connectivity index is 1.19. The van der Waals surface area contributed by atoms with E-state index in [4.69, 9.17) is 0 Å². The lowest BCUT2D eigenvalue weighted by molar-refractivity contribution is 0.660. The third-order valence-corrected chi connectivity index (χ3v) is 15.5. The molecule has 3 aliphatic rings. The highest BCUT2D eigenvalue weighted by Crippen LogP contribution is 2.55. The summed E-state index contributed by atoms with van der Waals surface area (Å²) in [5, 5.41) is 5.17. The smallest absolute Gasteiger partial charge is 0.333 e. The van der Waals surface area contributed by atoms with E-state index in [-0.39, 0.29) is 12.3 Å². The van der Waals surface area contributed by atoms with Gasteiger partial charge in [0.25, 0.3) is 0 Å². The van der Waals surface area contributed by atoms with E-state index < -0.39 is 0 Å². The third-order valence-electron chi connectivity index (χ3n) is 15.5. The standard InChI is InChI=1S/C61H54BN3/c1-5-7-9-19-39-29-32-41(33-30-39)65-56-38-50-46(42-21-11-15-25-49(42)61(50,3)4)36-47(56)48-37-57(63-52-26-16-12-22-43(52)44-23-13-17-27-53(44)63)58-45-24-14-18-28-54(45)64-55-34-31-40(20-10-8-6-2)35-51(55)62(65)59(48)60(58)64/h11-18,21-38H,5-10,19-20H2,1-4H3. The summed E-state index contributed by atoms with van der Waals surface area (Å²) < 4.78 is 5.22. The van der Waals surface area contributed by atoms with Gasteiger partial charge in [0.2, 0.25) is 0 Å². The van der Waals surface area contributed by atoms with E-state index in [2.05, 4.69) is 199 Å². The molecule has 316 valence electrons. The Hall–Kier alpha value is -6.78. The predicted octanol–water partition coefficient (Wildman–Crippen LogP) is 14.9. The minimum absolute atomic E-state index is 0.0407. The van der Waals surface area contributed by atoms with Crippen molar-refractivity contribution in [2.45, 2.75) is 84.5 Å². The first-order valence-corrected chi connectivity index (χ1v) is 24.3. The molecule has 4 heteroatoms. The highest BCUT2D eigenvalue weighted by atomic mass is 15.1. The molecule has 0 spiro atoms. The summed E-state index contributed by atoms with van der Waals surface area (Å²) in [6.07, 6.45) is 9.60. The van der Waals surface area contributed by atoms with E-state index in [0.29, 0.717) is 0 Å². The number of fused-ring (bicyclic) bond motifs is 14. The van der Waals surface area contributed by atoms with Gasteiger partial charge in [0.1, 0.15) is 0 Å². The first kappa shape index (κ1) is 38.7. The summed E-state index contributed by atoms with van der Waals surface area (Å²) in [7, 11) is 0. The van der Waals surface area contributed by atoms with Gasteiger partial charge in [0.05, 0.1) is 27.8 Å². The molecule has 0 radical (unpaired) electrons. The summed E-state index contributed by atoms with van der Waals surface area (Å²) in [4.78, 5) is 2.75. The second-order valence-electron chi connectivity index (χ2n) is 19.6. The lowest BCUT2D eigenvalue weighted by Crippen LogP contribution is -2.60. The van der Waals surface area contributed by atoms with E-state index in [9.17, 15) is 0 Å². The molecule has 2 aliphatic heterocycles. The Kier molecular flexibility index (Phi) is 8.70. The molecular formula is C61H54BN3. The van der Waals surface area contributed by atoms with Crippen molar-refractivity contribution in [1.29, 1.82) is 0 Å². The number of anilines is 2. The lowest BCUT2D eigenvalue weighted by atomic mass is 9.43. The van der Waals surface area contributed by atoms with Gasteiger partial charge < -0.3 is 13.9 Å². The van der Waals surface area contributed by atoms with Gasteiger partial charge in [-0.3, -0.25) is 0 Å². The first-order valence-electron chi connectivity index (χ1n) is 24.3. The molecule has 0 saturated carbocycles. The minimum atomic E-state index is -0.141. The minimum Gasteiger partial charge on any atom is -0.376 e. The van der Waals surface area contributed by atoms with Crippen LogP contribution >= 0.6 is 0 Å². The van der Waals surface area contributed by atoms with E-state index in [1.54, 1.807) is 0 Å². The van der Waals surface area contributed by atoms with Crippen LogP contribution in [0.15, 0.2) is 158 Å². The van der Waals surface area contributed by atoms with Gasteiger partial charge in [0.15, 0.2) is 0 Å². The lowest BCUT2D eigenvalue weighted by Gasteiger charge is -2.43. The van der Waals surface area contributed by atoms with Gasteiger partial charge in [-0.25, -0.2) is 0 Å². The average molecular weight is 840 g/mol. The average Bonchev–Trinajstić information content (AvgIpc) is 3.94. The van der Waals surface area contributed by atoms with Crippen LogP contribution in [0.5, 0.6) is 0 Å². The summed E-state index contributed by atoms with van der Waals surface area (Å²) in [5.41, 5.74) is 23.8. The van der Waals surface area contributed by atoms with Gasteiger partial charge >= 0.3 is 6.85 Å². The van der Waals surface area contributed by atoms with Gasteiger partial charge in [-0.15, -0.1) is 0 Å². The summed E-state index contributed by atoms with van der Waals surface area (Å²) in [6.45, 7) is 9.42. The Bertz CT molecular complexity index is 3510. The molecule has 0 amide bonds. The Morgan fingerprint density at radius 2 is 1.08 bits per heavy atom. The molecule has 0 unspecified atom stereocenters. The Morgan fingerprint density at radius 1 is 0.462 bits per heavy atom. The highest BCUT2D eigenvalue weighted by molar-refractivity contribution is 6.93. The fraction of sp³-hybridized carbons (Fsp3) is 0.213. The summed E-state index contributed by atoms with van der Waals surface area (Å²) in [5.74, 6) is 0. The molecule has 3 nitrogen and oxygen atoms in total. The van der Waals surface area contributed by atoms with Crippen molar-refractivity contribution in [3.05, 3.63) is 180 Å². The molecule has 0 bridgehead atoms. The van der Waals surface area contributed by atoms with E-state index >= 15 is 0 Å². The maximum absolute atomic E-state index is 2.75. The quantitative estimate of drug-likeness (QED) is 0.0988. The second-order valence-corrected chi connectivity index (χ2v) is 19.6. The van der Waals surface area contributed by atoms with Crippen LogP contribution in [0.3, 0.4) is 0 Å². The normalized spacial score (nSPS) is 14.1. The summed E-state index contributed by atoms with van der Waals surface area (Å²) in [6, 6.07) is 61.3. The Morgan fingerprint density at radius 3 is 1.78 bits per heavy atom. The molecule has 0 N–H and O–H groups in total.